The van der Waals surface area contributed by atoms with Gasteiger partial charge < -0.3 is 14.2 Å². The van der Waals surface area contributed by atoms with E-state index in [1.165, 1.54) is 18.1 Å². The summed E-state index contributed by atoms with van der Waals surface area (Å²) in [4.78, 5) is 25.7. The van der Waals surface area contributed by atoms with Gasteiger partial charge in [0, 0.05) is 31.1 Å². The first-order chi connectivity index (χ1) is 13.6. The number of nitrogens with one attached hydrogen (secondary N) is 1. The molecular formula is C20H21N3O5. The highest BCUT2D eigenvalue weighted by Gasteiger charge is 2.18. The Morgan fingerprint density at radius 3 is 2.61 bits per heavy atom. The minimum absolute atomic E-state index is 0.127. The molecule has 0 aliphatic rings. The summed E-state index contributed by atoms with van der Waals surface area (Å²) in [5.41, 5.74) is 1.04. The molecule has 0 spiro atoms. The average molecular weight is 383 g/mol. The maximum atomic E-state index is 12.6. The van der Waals surface area contributed by atoms with Gasteiger partial charge in [0.1, 0.15) is 12.4 Å². The molecule has 0 radical (unpaired) electrons. The maximum Gasteiger partial charge on any atom is 0.419 e. The number of carbonyl (C=O) groups is 2. The van der Waals surface area contributed by atoms with Crippen molar-refractivity contribution in [3.8, 4) is 11.8 Å². The number of amides is 2. The molecule has 2 aromatic rings. The number of anilines is 2. The van der Waals surface area contributed by atoms with Gasteiger partial charge in [0.05, 0.1) is 19.1 Å². The van der Waals surface area contributed by atoms with E-state index < -0.39 is 12.2 Å². The quantitative estimate of drug-likeness (QED) is 0.696. The largest absolute Gasteiger partial charge is 0.447 e. The van der Waals surface area contributed by atoms with Crippen molar-refractivity contribution in [2.45, 2.75) is 6.42 Å². The van der Waals surface area contributed by atoms with Crippen LogP contribution in [0.2, 0.25) is 0 Å². The van der Waals surface area contributed by atoms with Gasteiger partial charge in [-0.1, -0.05) is 24.3 Å². The Hall–Kier alpha value is -3.57. The molecule has 8 nitrogen and oxygen atoms in total. The van der Waals surface area contributed by atoms with Crippen LogP contribution in [-0.4, -0.2) is 39.1 Å². The maximum absolute atomic E-state index is 12.6. The Balaban J connectivity index is 2.03. The van der Waals surface area contributed by atoms with Crippen LogP contribution >= 0.6 is 0 Å². The van der Waals surface area contributed by atoms with Crippen molar-refractivity contribution >= 4 is 23.6 Å². The van der Waals surface area contributed by atoms with Gasteiger partial charge in [-0.2, -0.15) is 5.26 Å². The Morgan fingerprint density at radius 2 is 1.89 bits per heavy atom. The van der Waals surface area contributed by atoms with E-state index in [2.05, 4.69) is 5.32 Å². The number of carbonyl (C=O) groups excluding carboxylic acids is 2. The van der Waals surface area contributed by atoms with Gasteiger partial charge >= 0.3 is 12.2 Å². The molecule has 2 rings (SSSR count). The number of benzene rings is 2. The predicted octanol–water partition coefficient (Wildman–Crippen LogP) is 3.80. The highest BCUT2D eigenvalue weighted by atomic mass is 16.6. The number of methoxy groups -OCH3 is 1. The number of hydrogen-bond donors (Lipinski definition) is 1. The minimum atomic E-state index is -0.638. The van der Waals surface area contributed by atoms with Crippen molar-refractivity contribution < 1.29 is 23.8 Å². The second-order valence-corrected chi connectivity index (χ2v) is 5.54. The monoisotopic (exact) mass is 383 g/mol. The molecule has 146 valence electrons. The lowest BCUT2D eigenvalue weighted by atomic mass is 10.3. The van der Waals surface area contributed by atoms with E-state index in [9.17, 15) is 9.59 Å². The van der Waals surface area contributed by atoms with E-state index in [1.54, 1.807) is 42.5 Å². The van der Waals surface area contributed by atoms with Gasteiger partial charge in [0.15, 0.2) is 0 Å². The van der Waals surface area contributed by atoms with Crippen LogP contribution in [0.25, 0.3) is 0 Å². The van der Waals surface area contributed by atoms with Gasteiger partial charge in [-0.25, -0.2) is 9.59 Å². The van der Waals surface area contributed by atoms with Crippen LogP contribution in [0.15, 0.2) is 54.6 Å². The molecular weight excluding hydrogens is 362 g/mol. The number of ether oxygens (including phenoxy) is 3. The first kappa shape index (κ1) is 20.7. The van der Waals surface area contributed by atoms with Gasteiger partial charge in [0.2, 0.25) is 0 Å². The van der Waals surface area contributed by atoms with Crippen LogP contribution < -0.4 is 15.0 Å². The van der Waals surface area contributed by atoms with Crippen molar-refractivity contribution in [1.82, 2.24) is 0 Å². The number of para-hydroxylation sites is 1. The zero-order valence-electron chi connectivity index (χ0n) is 15.5. The van der Waals surface area contributed by atoms with Crippen molar-refractivity contribution in [2.75, 3.05) is 37.1 Å². The lowest BCUT2D eigenvalue weighted by Crippen LogP contribution is -2.34. The fourth-order valence-electron chi connectivity index (χ4n) is 2.26. The SMILES string of the molecule is COCCOC(=O)Nc1cccc(OC(=O)N(CCC#N)c2ccccc2)c1. The van der Waals surface area contributed by atoms with E-state index in [1.807, 2.05) is 12.1 Å². The van der Waals surface area contributed by atoms with Crippen molar-refractivity contribution in [1.29, 1.82) is 5.26 Å². The molecule has 2 aromatic carbocycles. The Morgan fingerprint density at radius 1 is 1.11 bits per heavy atom. The lowest BCUT2D eigenvalue weighted by Gasteiger charge is -2.21. The topological polar surface area (TPSA) is 101 Å². The molecule has 28 heavy (non-hydrogen) atoms. The molecule has 0 heterocycles. The standard InChI is InChI=1S/C20H21N3O5/c1-26-13-14-27-19(24)22-16-7-5-10-18(15-16)28-20(25)23(12-6-11-21)17-8-3-2-4-9-17/h2-5,7-10,15H,6,12-14H2,1H3,(H,22,24). The highest BCUT2D eigenvalue weighted by molar-refractivity contribution is 5.89. The summed E-state index contributed by atoms with van der Waals surface area (Å²) in [6, 6.07) is 17.3. The van der Waals surface area contributed by atoms with Crippen LogP contribution in [0.1, 0.15) is 6.42 Å². The predicted molar refractivity (Wildman–Crippen MR) is 103 cm³/mol. The summed E-state index contributed by atoms with van der Waals surface area (Å²) in [6.07, 6.45) is -1.10. The smallest absolute Gasteiger partial charge is 0.419 e. The van der Waals surface area contributed by atoms with E-state index in [4.69, 9.17) is 19.5 Å². The third kappa shape index (κ3) is 6.63. The number of rotatable bonds is 8. The fourth-order valence-corrected chi connectivity index (χ4v) is 2.26. The number of nitrogens with zero attached hydrogens (tertiary/aromatic N) is 2. The second-order valence-electron chi connectivity index (χ2n) is 5.54. The van der Waals surface area contributed by atoms with E-state index in [-0.39, 0.29) is 25.3 Å². The number of hydrogen-bond acceptors (Lipinski definition) is 6. The molecule has 1 N–H and O–H groups in total. The third-order valence-electron chi connectivity index (χ3n) is 3.54. The summed E-state index contributed by atoms with van der Waals surface area (Å²) < 4.78 is 15.1. The first-order valence-electron chi connectivity index (χ1n) is 8.58. The molecule has 0 aromatic heterocycles. The van der Waals surface area contributed by atoms with Crippen LogP contribution in [-0.2, 0) is 9.47 Å². The molecule has 0 bridgehead atoms. The molecule has 0 saturated carbocycles. The Labute approximate surface area is 163 Å². The molecule has 0 atom stereocenters. The summed E-state index contributed by atoms with van der Waals surface area (Å²) in [7, 11) is 1.51. The fraction of sp³-hybridized carbons (Fsp3) is 0.250. The van der Waals surface area contributed by atoms with E-state index >= 15 is 0 Å². The van der Waals surface area contributed by atoms with Crippen molar-refractivity contribution in [3.63, 3.8) is 0 Å². The Kier molecular flexibility index (Phi) is 8.30. The molecule has 0 unspecified atom stereocenters. The van der Waals surface area contributed by atoms with Crippen LogP contribution in [0.5, 0.6) is 5.75 Å². The number of nitriles is 1. The van der Waals surface area contributed by atoms with Gasteiger partial charge in [-0.3, -0.25) is 10.2 Å². The molecule has 2 amide bonds. The zero-order chi connectivity index (χ0) is 20.2. The molecule has 0 saturated heterocycles. The highest BCUT2D eigenvalue weighted by Crippen LogP contribution is 2.21. The summed E-state index contributed by atoms with van der Waals surface area (Å²) in [5, 5.41) is 11.4. The van der Waals surface area contributed by atoms with Crippen LogP contribution in [0, 0.1) is 11.3 Å². The summed E-state index contributed by atoms with van der Waals surface area (Å²) in [5.74, 6) is 0.248. The van der Waals surface area contributed by atoms with Crippen LogP contribution in [0.4, 0.5) is 21.0 Å². The molecule has 8 heteroatoms. The van der Waals surface area contributed by atoms with Gasteiger partial charge in [-0.05, 0) is 24.3 Å². The van der Waals surface area contributed by atoms with Crippen molar-refractivity contribution in [3.05, 3.63) is 54.6 Å². The van der Waals surface area contributed by atoms with Gasteiger partial charge in [-0.15, -0.1) is 0 Å². The third-order valence-corrected chi connectivity index (χ3v) is 3.54. The lowest BCUT2D eigenvalue weighted by molar-refractivity contribution is 0.107. The molecule has 0 aliphatic heterocycles. The van der Waals surface area contributed by atoms with E-state index in [0.29, 0.717) is 18.0 Å². The minimum Gasteiger partial charge on any atom is -0.447 e. The summed E-state index contributed by atoms with van der Waals surface area (Å²) in [6.45, 7) is 0.619. The average Bonchev–Trinajstić information content (AvgIpc) is 2.69. The summed E-state index contributed by atoms with van der Waals surface area (Å²) >= 11 is 0. The normalized spacial score (nSPS) is 9.86. The van der Waals surface area contributed by atoms with Crippen molar-refractivity contribution in [2.24, 2.45) is 0 Å². The van der Waals surface area contributed by atoms with Gasteiger partial charge in [0.25, 0.3) is 0 Å². The first-order valence-corrected chi connectivity index (χ1v) is 8.58. The molecule has 0 fully saturated rings. The second kappa shape index (κ2) is 11.2. The van der Waals surface area contributed by atoms with Crippen LogP contribution in [0.3, 0.4) is 0 Å². The molecule has 0 aliphatic carbocycles. The Bertz CT molecular complexity index is 820. The van der Waals surface area contributed by atoms with E-state index in [0.717, 1.165) is 0 Å². The zero-order valence-corrected chi connectivity index (χ0v) is 15.5.